The fourth-order valence-corrected chi connectivity index (χ4v) is 2.32. The second-order valence-corrected chi connectivity index (χ2v) is 10.8. The van der Waals surface area contributed by atoms with Crippen molar-refractivity contribution in [1.82, 2.24) is 5.32 Å². The maximum Gasteiger partial charge on any atom is 0.404 e. The van der Waals surface area contributed by atoms with E-state index in [0.29, 0.717) is 0 Å². The van der Waals surface area contributed by atoms with E-state index < -0.39 is 33.0 Å². The molecule has 0 aliphatic heterocycles. The van der Waals surface area contributed by atoms with Crippen molar-refractivity contribution >= 4 is 14.4 Å². The van der Waals surface area contributed by atoms with Crippen LogP contribution in [0.4, 0.5) is 13.6 Å². The van der Waals surface area contributed by atoms with Crippen LogP contribution in [0.2, 0.25) is 18.1 Å². The van der Waals surface area contributed by atoms with Crippen LogP contribution in [0.25, 0.3) is 0 Å². The molecule has 1 atom stereocenters. The summed E-state index contributed by atoms with van der Waals surface area (Å²) in [5.41, 5.74) is 0. The van der Waals surface area contributed by atoms with Crippen molar-refractivity contribution in [3.8, 4) is 0 Å². The number of nitrogens with one attached hydrogen (secondary N) is 1. The third-order valence-electron chi connectivity index (χ3n) is 3.12. The molecule has 0 fully saturated rings. The highest BCUT2D eigenvalue weighted by atomic mass is 28.4. The van der Waals surface area contributed by atoms with Crippen LogP contribution < -0.4 is 5.32 Å². The zero-order valence-electron chi connectivity index (χ0n) is 11.8. The number of hydrogen-bond acceptors (Lipinski definition) is 2. The molecule has 108 valence electrons. The SMILES string of the molecule is C[C@@H](CC(F)(F)O[Si](C)(C)C(C)(C)C)NC(=O)O. The molecule has 0 aromatic carbocycles. The van der Waals surface area contributed by atoms with Gasteiger partial charge in [-0.25, -0.2) is 4.79 Å². The Kier molecular flexibility index (Phi) is 5.31. The third-order valence-corrected chi connectivity index (χ3v) is 7.55. The number of carboxylic acid groups (broad SMARTS) is 1. The molecule has 0 saturated carbocycles. The minimum absolute atomic E-state index is 0.320. The van der Waals surface area contributed by atoms with E-state index in [1.54, 1.807) is 13.1 Å². The van der Waals surface area contributed by atoms with Gasteiger partial charge in [-0.05, 0) is 25.1 Å². The predicted molar refractivity (Wildman–Crippen MR) is 68.5 cm³/mol. The van der Waals surface area contributed by atoms with E-state index in [2.05, 4.69) is 0 Å². The monoisotopic (exact) mass is 283 g/mol. The van der Waals surface area contributed by atoms with Crippen molar-refractivity contribution in [2.24, 2.45) is 0 Å². The zero-order valence-corrected chi connectivity index (χ0v) is 12.8. The number of carbonyl (C=O) groups is 1. The van der Waals surface area contributed by atoms with Crippen molar-refractivity contribution in [3.05, 3.63) is 0 Å². The van der Waals surface area contributed by atoms with Crippen LogP contribution in [-0.2, 0) is 4.43 Å². The average molecular weight is 283 g/mol. The number of alkyl halides is 2. The summed E-state index contributed by atoms with van der Waals surface area (Å²) in [6, 6.07) is -0.859. The van der Waals surface area contributed by atoms with E-state index in [1.165, 1.54) is 6.92 Å². The first-order valence-corrected chi connectivity index (χ1v) is 8.75. The summed E-state index contributed by atoms with van der Waals surface area (Å²) in [6.45, 7) is 10.5. The van der Waals surface area contributed by atoms with Crippen LogP contribution in [0.15, 0.2) is 0 Å². The summed E-state index contributed by atoms with van der Waals surface area (Å²) in [4.78, 5) is 10.4. The van der Waals surface area contributed by atoms with Gasteiger partial charge in [0.2, 0.25) is 0 Å². The molecule has 1 amide bonds. The lowest BCUT2D eigenvalue weighted by Gasteiger charge is -2.39. The molecule has 0 aliphatic rings. The van der Waals surface area contributed by atoms with Gasteiger partial charge in [0.15, 0.2) is 8.32 Å². The Bertz CT molecular complexity index is 303. The van der Waals surface area contributed by atoms with Crippen molar-refractivity contribution in [2.75, 3.05) is 0 Å². The first kappa shape index (κ1) is 17.3. The second-order valence-electron chi connectivity index (χ2n) is 6.05. The molecule has 0 aromatic heterocycles. The van der Waals surface area contributed by atoms with Gasteiger partial charge in [-0.1, -0.05) is 20.8 Å². The van der Waals surface area contributed by atoms with E-state index in [9.17, 15) is 13.6 Å². The molecule has 0 heterocycles. The summed E-state index contributed by atoms with van der Waals surface area (Å²) >= 11 is 0. The third kappa shape index (κ3) is 5.77. The summed E-state index contributed by atoms with van der Waals surface area (Å²) in [6.07, 6.45) is -5.29. The molecule has 0 radical (unpaired) electrons. The topological polar surface area (TPSA) is 58.6 Å². The van der Waals surface area contributed by atoms with Crippen molar-refractivity contribution in [2.45, 2.75) is 64.4 Å². The Morgan fingerprint density at radius 3 is 2.17 bits per heavy atom. The van der Waals surface area contributed by atoms with Crippen LogP contribution in [0.5, 0.6) is 0 Å². The van der Waals surface area contributed by atoms with Gasteiger partial charge >= 0.3 is 12.2 Å². The highest BCUT2D eigenvalue weighted by Gasteiger charge is 2.46. The Morgan fingerprint density at radius 1 is 1.39 bits per heavy atom. The van der Waals surface area contributed by atoms with Crippen molar-refractivity contribution in [3.63, 3.8) is 0 Å². The molecule has 0 spiro atoms. The minimum Gasteiger partial charge on any atom is -0.465 e. The molecule has 0 aromatic rings. The van der Waals surface area contributed by atoms with Crippen molar-refractivity contribution < 1.29 is 23.1 Å². The molecular formula is C11H23F2NO3Si. The molecular weight excluding hydrogens is 260 g/mol. The highest BCUT2D eigenvalue weighted by molar-refractivity contribution is 6.74. The average Bonchev–Trinajstić information content (AvgIpc) is 1.94. The van der Waals surface area contributed by atoms with E-state index in [0.717, 1.165) is 0 Å². The van der Waals surface area contributed by atoms with Crippen LogP contribution in [0.1, 0.15) is 34.1 Å². The maximum atomic E-state index is 13.7. The molecule has 18 heavy (non-hydrogen) atoms. The standard InChI is InChI=1S/C11H23F2NO3Si/c1-8(14-9(15)16)7-11(12,13)17-18(5,6)10(2,3)4/h8,14H,7H2,1-6H3,(H,15,16)/t8-/m0/s1. The number of amides is 1. The molecule has 0 unspecified atom stereocenters. The minimum atomic E-state index is -3.31. The van der Waals surface area contributed by atoms with Crippen LogP contribution in [0.3, 0.4) is 0 Å². The fraction of sp³-hybridized carbons (Fsp3) is 0.909. The molecule has 2 N–H and O–H groups in total. The van der Waals surface area contributed by atoms with E-state index in [4.69, 9.17) is 9.53 Å². The van der Waals surface area contributed by atoms with E-state index in [1.807, 2.05) is 26.1 Å². The van der Waals surface area contributed by atoms with Gasteiger partial charge in [0, 0.05) is 6.04 Å². The molecule has 0 aliphatic carbocycles. The fourth-order valence-electron chi connectivity index (χ4n) is 1.19. The Labute approximate surface area is 108 Å². The summed E-state index contributed by atoms with van der Waals surface area (Å²) in [7, 11) is -2.57. The normalized spacial score (nSPS) is 15.3. The largest absolute Gasteiger partial charge is 0.465 e. The maximum absolute atomic E-state index is 13.7. The lowest BCUT2D eigenvalue weighted by molar-refractivity contribution is -0.192. The van der Waals surface area contributed by atoms with Gasteiger partial charge < -0.3 is 14.8 Å². The molecule has 0 rings (SSSR count). The molecule has 0 saturated heterocycles. The molecule has 7 heteroatoms. The van der Waals surface area contributed by atoms with E-state index >= 15 is 0 Å². The van der Waals surface area contributed by atoms with Crippen LogP contribution in [-0.4, -0.2) is 31.7 Å². The number of hydrogen-bond donors (Lipinski definition) is 2. The first-order chi connectivity index (χ1) is 7.77. The smallest absolute Gasteiger partial charge is 0.404 e. The van der Waals surface area contributed by atoms with Gasteiger partial charge in [-0.15, -0.1) is 0 Å². The quantitative estimate of drug-likeness (QED) is 0.757. The molecule has 4 nitrogen and oxygen atoms in total. The Balaban J connectivity index is 4.61. The summed E-state index contributed by atoms with van der Waals surface area (Å²) in [5, 5.41) is 10.1. The lowest BCUT2D eigenvalue weighted by Crippen LogP contribution is -2.48. The predicted octanol–water partition coefficient (Wildman–Crippen LogP) is 3.65. The number of halogens is 2. The van der Waals surface area contributed by atoms with Gasteiger partial charge in [0.1, 0.15) is 0 Å². The Morgan fingerprint density at radius 2 is 1.83 bits per heavy atom. The summed E-state index contributed by atoms with van der Waals surface area (Å²) in [5.74, 6) is 0. The van der Waals surface area contributed by atoms with Gasteiger partial charge in [0.25, 0.3) is 0 Å². The lowest BCUT2D eigenvalue weighted by atomic mass is 10.2. The first-order valence-electron chi connectivity index (χ1n) is 5.84. The Hall–Kier alpha value is -0.693. The molecule has 0 bridgehead atoms. The van der Waals surface area contributed by atoms with Crippen LogP contribution >= 0.6 is 0 Å². The van der Waals surface area contributed by atoms with Crippen molar-refractivity contribution in [1.29, 1.82) is 0 Å². The van der Waals surface area contributed by atoms with Crippen LogP contribution in [0, 0.1) is 0 Å². The number of rotatable bonds is 5. The van der Waals surface area contributed by atoms with Gasteiger partial charge in [0.05, 0.1) is 6.42 Å². The van der Waals surface area contributed by atoms with E-state index in [-0.39, 0.29) is 5.04 Å². The summed E-state index contributed by atoms with van der Waals surface area (Å²) < 4.78 is 32.5. The highest BCUT2D eigenvalue weighted by Crippen LogP contribution is 2.40. The van der Waals surface area contributed by atoms with Gasteiger partial charge in [-0.2, -0.15) is 8.78 Å². The second kappa shape index (κ2) is 5.52. The van der Waals surface area contributed by atoms with Gasteiger partial charge in [-0.3, -0.25) is 0 Å². The zero-order chi connectivity index (χ0) is 14.8.